The van der Waals surface area contributed by atoms with Gasteiger partial charge in [0, 0.05) is 19.3 Å². The summed E-state index contributed by atoms with van der Waals surface area (Å²) < 4.78 is 1.15. The van der Waals surface area contributed by atoms with Crippen LogP contribution in [0.1, 0.15) is 26.0 Å². The number of hydrogen-bond acceptors (Lipinski definition) is 2. The Hall–Kier alpha value is -0.570. The van der Waals surface area contributed by atoms with Crippen LogP contribution in [-0.2, 0) is 0 Å². The van der Waals surface area contributed by atoms with Crippen molar-refractivity contribution in [1.29, 1.82) is 0 Å². The highest BCUT2D eigenvalue weighted by Crippen LogP contribution is 2.32. The molecule has 1 fully saturated rings. The highest BCUT2D eigenvalue weighted by molar-refractivity contribution is 9.10. The molecule has 2 atom stereocenters. The quantitative estimate of drug-likeness (QED) is 0.782. The van der Waals surface area contributed by atoms with Crippen LogP contribution in [0.25, 0.3) is 0 Å². The smallest absolute Gasteiger partial charge is 0.0621 e. The average Bonchev–Trinajstić information content (AvgIpc) is 2.20. The van der Waals surface area contributed by atoms with Crippen LogP contribution in [0.3, 0.4) is 0 Å². The molecule has 2 unspecified atom stereocenters. The zero-order valence-electron chi connectivity index (χ0n) is 10.2. The number of halogens is 1. The Balaban J connectivity index is 2.26. The monoisotopic (exact) mass is 282 g/mol. The molecule has 0 spiro atoms. The molecule has 16 heavy (non-hydrogen) atoms. The van der Waals surface area contributed by atoms with Crippen molar-refractivity contribution < 1.29 is 0 Å². The van der Waals surface area contributed by atoms with Crippen molar-refractivity contribution in [1.82, 2.24) is 4.98 Å². The first-order valence-electron chi connectivity index (χ1n) is 5.94. The van der Waals surface area contributed by atoms with Gasteiger partial charge >= 0.3 is 0 Å². The molecule has 2 rings (SSSR count). The Morgan fingerprint density at radius 1 is 1.31 bits per heavy atom. The molecule has 0 aromatic carbocycles. The normalized spacial score (nSPS) is 25.9. The fraction of sp³-hybridized carbons (Fsp3) is 0.615. The lowest BCUT2D eigenvalue weighted by molar-refractivity contribution is 0.356. The summed E-state index contributed by atoms with van der Waals surface area (Å²) in [7, 11) is 0. The van der Waals surface area contributed by atoms with Gasteiger partial charge in [0.15, 0.2) is 0 Å². The molecule has 0 amide bonds. The number of anilines is 1. The predicted molar refractivity (Wildman–Crippen MR) is 71.8 cm³/mol. The van der Waals surface area contributed by atoms with Gasteiger partial charge in [-0.3, -0.25) is 4.98 Å². The molecule has 0 aliphatic carbocycles. The summed E-state index contributed by atoms with van der Waals surface area (Å²) in [5.41, 5.74) is 2.37. The van der Waals surface area contributed by atoms with E-state index in [1.807, 2.05) is 13.1 Å². The van der Waals surface area contributed by atoms with E-state index >= 15 is 0 Å². The van der Waals surface area contributed by atoms with Crippen LogP contribution in [0.5, 0.6) is 0 Å². The van der Waals surface area contributed by atoms with Crippen molar-refractivity contribution in [2.45, 2.75) is 27.2 Å². The highest BCUT2D eigenvalue weighted by Gasteiger charge is 2.23. The fourth-order valence-corrected chi connectivity index (χ4v) is 3.12. The molecule has 1 aliphatic heterocycles. The number of aromatic nitrogens is 1. The van der Waals surface area contributed by atoms with E-state index < -0.39 is 0 Å². The number of hydrogen-bond donors (Lipinski definition) is 0. The van der Waals surface area contributed by atoms with Gasteiger partial charge in [0.2, 0.25) is 0 Å². The van der Waals surface area contributed by atoms with E-state index in [1.165, 1.54) is 12.1 Å². The predicted octanol–water partition coefficient (Wildman–Crippen LogP) is 3.63. The van der Waals surface area contributed by atoms with Crippen molar-refractivity contribution in [3.63, 3.8) is 0 Å². The maximum absolute atomic E-state index is 4.30. The summed E-state index contributed by atoms with van der Waals surface area (Å²) >= 11 is 3.65. The second-order valence-corrected chi connectivity index (χ2v) is 5.87. The molecule has 0 radical (unpaired) electrons. The average molecular weight is 283 g/mol. The zero-order chi connectivity index (χ0) is 11.7. The van der Waals surface area contributed by atoms with Gasteiger partial charge in [0.1, 0.15) is 0 Å². The summed E-state index contributed by atoms with van der Waals surface area (Å²) in [6.07, 6.45) is 3.25. The van der Waals surface area contributed by atoms with Crippen LogP contribution < -0.4 is 4.90 Å². The van der Waals surface area contributed by atoms with E-state index in [-0.39, 0.29) is 0 Å². The number of rotatable bonds is 1. The minimum absolute atomic E-state index is 0.782. The topological polar surface area (TPSA) is 16.1 Å². The van der Waals surface area contributed by atoms with Crippen LogP contribution in [0, 0.1) is 18.8 Å². The number of nitrogens with zero attached hydrogens (tertiary/aromatic N) is 2. The first-order valence-corrected chi connectivity index (χ1v) is 6.73. The first kappa shape index (κ1) is 11.9. The summed E-state index contributed by atoms with van der Waals surface area (Å²) in [4.78, 5) is 6.78. The molecule has 0 N–H and O–H groups in total. The Kier molecular flexibility index (Phi) is 3.53. The van der Waals surface area contributed by atoms with E-state index in [1.54, 1.807) is 0 Å². The van der Waals surface area contributed by atoms with Gasteiger partial charge < -0.3 is 4.90 Å². The molecular formula is C13H19BrN2. The molecule has 3 heteroatoms. The van der Waals surface area contributed by atoms with Crippen molar-refractivity contribution in [2.75, 3.05) is 18.0 Å². The van der Waals surface area contributed by atoms with E-state index in [0.29, 0.717) is 0 Å². The largest absolute Gasteiger partial charge is 0.370 e. The van der Waals surface area contributed by atoms with E-state index in [2.05, 4.69) is 45.7 Å². The number of aryl methyl sites for hydroxylation is 1. The SMILES string of the molecule is Cc1nccc(N2CC(C)CC(C)C2)c1Br. The summed E-state index contributed by atoms with van der Waals surface area (Å²) in [6.45, 7) is 9.04. The maximum atomic E-state index is 4.30. The highest BCUT2D eigenvalue weighted by atomic mass is 79.9. The van der Waals surface area contributed by atoms with E-state index in [4.69, 9.17) is 0 Å². The van der Waals surface area contributed by atoms with E-state index in [0.717, 1.165) is 35.1 Å². The van der Waals surface area contributed by atoms with Crippen LogP contribution in [-0.4, -0.2) is 18.1 Å². The third kappa shape index (κ3) is 2.40. The van der Waals surface area contributed by atoms with Crippen molar-refractivity contribution in [3.05, 3.63) is 22.4 Å². The molecule has 1 aliphatic rings. The maximum Gasteiger partial charge on any atom is 0.0621 e. The summed E-state index contributed by atoms with van der Waals surface area (Å²) in [5, 5.41) is 0. The number of piperidine rings is 1. The lowest BCUT2D eigenvalue weighted by Gasteiger charge is -2.37. The minimum Gasteiger partial charge on any atom is -0.370 e. The van der Waals surface area contributed by atoms with Gasteiger partial charge in [-0.25, -0.2) is 0 Å². The van der Waals surface area contributed by atoms with Crippen LogP contribution in [0.2, 0.25) is 0 Å². The third-order valence-corrected chi connectivity index (χ3v) is 4.23. The van der Waals surface area contributed by atoms with Crippen molar-refractivity contribution in [3.8, 4) is 0 Å². The van der Waals surface area contributed by atoms with E-state index in [9.17, 15) is 0 Å². The zero-order valence-corrected chi connectivity index (χ0v) is 11.8. The molecule has 0 bridgehead atoms. The number of pyridine rings is 1. The van der Waals surface area contributed by atoms with Crippen LogP contribution in [0.15, 0.2) is 16.7 Å². The van der Waals surface area contributed by atoms with Gasteiger partial charge in [-0.15, -0.1) is 0 Å². The van der Waals surface area contributed by atoms with Gasteiger partial charge in [-0.05, 0) is 47.2 Å². The Morgan fingerprint density at radius 3 is 2.56 bits per heavy atom. The van der Waals surface area contributed by atoms with Gasteiger partial charge in [-0.2, -0.15) is 0 Å². The Bertz CT molecular complexity index is 368. The van der Waals surface area contributed by atoms with Crippen LogP contribution >= 0.6 is 15.9 Å². The van der Waals surface area contributed by atoms with Crippen molar-refractivity contribution in [2.24, 2.45) is 11.8 Å². The van der Waals surface area contributed by atoms with Gasteiger partial charge in [0.05, 0.1) is 15.9 Å². The summed E-state index contributed by atoms with van der Waals surface area (Å²) in [5.74, 6) is 1.56. The second kappa shape index (κ2) is 4.74. The molecule has 1 saturated heterocycles. The lowest BCUT2D eigenvalue weighted by Crippen LogP contribution is -2.38. The first-order chi connectivity index (χ1) is 7.58. The molecule has 1 aromatic rings. The molecule has 2 heterocycles. The Labute approximate surface area is 106 Å². The fourth-order valence-electron chi connectivity index (χ4n) is 2.64. The van der Waals surface area contributed by atoms with Crippen LogP contribution in [0.4, 0.5) is 5.69 Å². The summed E-state index contributed by atoms with van der Waals surface area (Å²) in [6, 6.07) is 2.11. The van der Waals surface area contributed by atoms with Gasteiger partial charge in [0.25, 0.3) is 0 Å². The molecule has 0 saturated carbocycles. The Morgan fingerprint density at radius 2 is 1.94 bits per heavy atom. The van der Waals surface area contributed by atoms with Crippen molar-refractivity contribution >= 4 is 21.6 Å². The van der Waals surface area contributed by atoms with Gasteiger partial charge in [-0.1, -0.05) is 13.8 Å². The molecule has 88 valence electrons. The third-order valence-electron chi connectivity index (χ3n) is 3.25. The molecule has 2 nitrogen and oxygen atoms in total. The second-order valence-electron chi connectivity index (χ2n) is 5.08. The standard InChI is InChI=1S/C13H19BrN2/c1-9-6-10(2)8-16(7-9)12-4-5-15-11(3)13(12)14/h4-5,9-10H,6-8H2,1-3H3. The minimum atomic E-state index is 0.782. The molecular weight excluding hydrogens is 264 g/mol. The lowest BCUT2D eigenvalue weighted by atomic mass is 9.91. The molecule has 1 aromatic heterocycles.